The predicted molar refractivity (Wildman–Crippen MR) is 283 cm³/mol. The minimum absolute atomic E-state index is 0.203. The van der Waals surface area contributed by atoms with Crippen molar-refractivity contribution in [2.24, 2.45) is 0 Å². The first-order valence-corrected chi connectivity index (χ1v) is 29.1. The van der Waals surface area contributed by atoms with E-state index in [-0.39, 0.29) is 12.3 Å². The molecule has 18 atom stereocenters. The largest absolute Gasteiger partial charge is 0.477 e. The van der Waals surface area contributed by atoms with Gasteiger partial charge in [0.1, 0.15) is 67.1 Å². The maximum Gasteiger partial charge on any atom is 0.364 e. The van der Waals surface area contributed by atoms with E-state index in [2.05, 4.69) is 24.5 Å². The summed E-state index contributed by atoms with van der Waals surface area (Å²) in [5.74, 6) is -6.14. The number of rotatable bonds is 41. The molecule has 3 heterocycles. The van der Waals surface area contributed by atoms with Crippen molar-refractivity contribution in [3.63, 3.8) is 0 Å². The van der Waals surface area contributed by atoms with E-state index in [1.54, 1.807) is 6.08 Å². The molecule has 3 saturated heterocycles. The number of amides is 2. The van der Waals surface area contributed by atoms with Gasteiger partial charge in [-0.15, -0.1) is 0 Å². The van der Waals surface area contributed by atoms with Crippen molar-refractivity contribution in [1.82, 2.24) is 10.6 Å². The second kappa shape index (κ2) is 38.3. The number of carboxylic acids is 1. The van der Waals surface area contributed by atoms with Crippen LogP contribution in [0, 0.1) is 0 Å². The van der Waals surface area contributed by atoms with Gasteiger partial charge in [0.05, 0.1) is 50.7 Å². The summed E-state index contributed by atoms with van der Waals surface area (Å²) in [5.41, 5.74) is 0. The summed E-state index contributed by atoms with van der Waals surface area (Å²) in [6.07, 6.45) is 0.127. The van der Waals surface area contributed by atoms with Crippen LogP contribution in [0.3, 0.4) is 0 Å². The minimum Gasteiger partial charge on any atom is -0.477 e. The SMILES string of the molecule is CCCCCCCCCCCCCC=CC(O)C(COC1OC(CO)C(OC2OC(CO)C(O)C(OC3(C(=O)O)CC(O)C(NC(C)=O)C(C(O)C(O)CO)O3)C2O)C(O)C1O)NC(=O)CCCCCCCCCCCCC. The van der Waals surface area contributed by atoms with E-state index in [9.17, 15) is 75.7 Å². The Hall–Kier alpha value is -2.53. The van der Waals surface area contributed by atoms with Gasteiger partial charge in [0.2, 0.25) is 11.8 Å². The number of ether oxygens (including phenoxy) is 6. The van der Waals surface area contributed by atoms with Crippen LogP contribution in [0.15, 0.2) is 12.2 Å². The zero-order valence-electron chi connectivity index (χ0n) is 46.5. The second-order valence-electron chi connectivity index (χ2n) is 21.5. The van der Waals surface area contributed by atoms with Gasteiger partial charge >= 0.3 is 5.97 Å². The van der Waals surface area contributed by atoms with E-state index >= 15 is 0 Å². The molecular formula is C55H100N2O21. The first-order valence-electron chi connectivity index (χ1n) is 29.1. The highest BCUT2D eigenvalue weighted by molar-refractivity contribution is 5.77. The molecule has 23 nitrogen and oxygen atoms in total. The lowest BCUT2D eigenvalue weighted by Crippen LogP contribution is -2.70. The zero-order chi connectivity index (χ0) is 57.6. The second-order valence-corrected chi connectivity index (χ2v) is 21.5. The quantitative estimate of drug-likeness (QED) is 0.0305. The van der Waals surface area contributed by atoms with Gasteiger partial charge in [-0.2, -0.15) is 0 Å². The van der Waals surface area contributed by atoms with Crippen LogP contribution in [0.2, 0.25) is 0 Å². The fraction of sp³-hybridized carbons (Fsp3) is 0.909. The van der Waals surface area contributed by atoms with Gasteiger partial charge in [0, 0.05) is 19.8 Å². The van der Waals surface area contributed by atoms with Crippen molar-refractivity contribution >= 4 is 17.8 Å². The maximum atomic E-state index is 13.3. The lowest BCUT2D eigenvalue weighted by molar-refractivity contribution is -0.386. The monoisotopic (exact) mass is 1120 g/mol. The third kappa shape index (κ3) is 23.0. The summed E-state index contributed by atoms with van der Waals surface area (Å²) in [5, 5.41) is 135. The highest BCUT2D eigenvalue weighted by Crippen LogP contribution is 2.38. The van der Waals surface area contributed by atoms with Gasteiger partial charge in [-0.1, -0.05) is 154 Å². The fourth-order valence-corrected chi connectivity index (χ4v) is 10.2. The van der Waals surface area contributed by atoms with Crippen LogP contribution in [0.4, 0.5) is 0 Å². The molecule has 2 amide bonds. The number of aliphatic carboxylic acids is 1. The van der Waals surface area contributed by atoms with E-state index in [0.717, 1.165) is 51.9 Å². The Labute approximate surface area is 461 Å². The number of allylic oxidation sites excluding steroid dienone is 1. The summed E-state index contributed by atoms with van der Waals surface area (Å²) in [6, 6.07) is -2.61. The predicted octanol–water partition coefficient (Wildman–Crippen LogP) is 1.61. The molecule has 3 aliphatic heterocycles. The Balaban J connectivity index is 1.70. The Morgan fingerprint density at radius 1 is 0.667 bits per heavy atom. The van der Waals surface area contributed by atoms with Gasteiger partial charge in [-0.25, -0.2) is 4.79 Å². The number of carbonyl (C=O) groups excluding carboxylic acids is 2. The molecule has 0 aromatic rings. The van der Waals surface area contributed by atoms with Gasteiger partial charge < -0.3 is 100 Å². The Bertz CT molecular complexity index is 1670. The van der Waals surface area contributed by atoms with Crippen LogP contribution in [0.1, 0.15) is 181 Å². The number of unbranched alkanes of at least 4 members (excludes halogenated alkanes) is 21. The van der Waals surface area contributed by atoms with Crippen molar-refractivity contribution < 1.29 is 104 Å². The number of hydrogen-bond donors (Lipinski definition) is 14. The summed E-state index contributed by atoms with van der Waals surface area (Å²) in [6.45, 7) is 2.06. The lowest BCUT2D eigenvalue weighted by Gasteiger charge is -2.50. The summed E-state index contributed by atoms with van der Waals surface area (Å²) < 4.78 is 34.6. The number of aliphatic hydroxyl groups excluding tert-OH is 11. The number of nitrogens with one attached hydrogen (secondary N) is 2. The molecule has 3 fully saturated rings. The molecule has 18 unspecified atom stereocenters. The number of carbonyl (C=O) groups is 3. The number of hydrogen-bond acceptors (Lipinski definition) is 20. The topological polar surface area (TPSA) is 373 Å². The molecule has 23 heteroatoms. The van der Waals surface area contributed by atoms with Crippen LogP contribution in [-0.4, -0.2) is 215 Å². The normalized spacial score (nSPS) is 31.2. The first-order chi connectivity index (χ1) is 37.4. The van der Waals surface area contributed by atoms with E-state index < -0.39 is 155 Å². The van der Waals surface area contributed by atoms with E-state index in [1.165, 1.54) is 89.9 Å². The smallest absolute Gasteiger partial charge is 0.364 e. The summed E-state index contributed by atoms with van der Waals surface area (Å²) >= 11 is 0. The number of carboxylic acid groups (broad SMARTS) is 1. The summed E-state index contributed by atoms with van der Waals surface area (Å²) in [4.78, 5) is 38.3. The van der Waals surface area contributed by atoms with Gasteiger partial charge in [0.25, 0.3) is 5.79 Å². The molecule has 0 aliphatic carbocycles. The van der Waals surface area contributed by atoms with Crippen molar-refractivity contribution in [3.05, 3.63) is 12.2 Å². The Morgan fingerprint density at radius 3 is 1.71 bits per heavy atom. The van der Waals surface area contributed by atoms with Crippen LogP contribution in [0.25, 0.3) is 0 Å². The van der Waals surface area contributed by atoms with Crippen LogP contribution in [-0.2, 0) is 42.8 Å². The van der Waals surface area contributed by atoms with E-state index in [4.69, 9.17) is 28.4 Å². The molecule has 0 aromatic heterocycles. The zero-order valence-corrected chi connectivity index (χ0v) is 46.5. The molecular weight excluding hydrogens is 1020 g/mol. The molecule has 0 spiro atoms. The minimum atomic E-state index is -3.08. The average molecular weight is 1130 g/mol. The average Bonchev–Trinajstić information content (AvgIpc) is 3.49. The van der Waals surface area contributed by atoms with Crippen molar-refractivity contribution in [2.45, 2.75) is 291 Å². The van der Waals surface area contributed by atoms with Crippen molar-refractivity contribution in [3.8, 4) is 0 Å². The molecule has 14 N–H and O–H groups in total. The molecule has 3 rings (SSSR count). The Kier molecular flexibility index (Phi) is 34.2. The molecule has 0 aromatic carbocycles. The van der Waals surface area contributed by atoms with Gasteiger partial charge in [-0.05, 0) is 19.3 Å². The van der Waals surface area contributed by atoms with E-state index in [0.29, 0.717) is 12.8 Å². The van der Waals surface area contributed by atoms with Gasteiger partial charge in [-0.3, -0.25) is 9.59 Å². The fourth-order valence-electron chi connectivity index (χ4n) is 10.2. The third-order valence-electron chi connectivity index (χ3n) is 15.0. The molecule has 0 radical (unpaired) electrons. The van der Waals surface area contributed by atoms with Gasteiger partial charge in [0.15, 0.2) is 12.6 Å². The third-order valence-corrected chi connectivity index (χ3v) is 15.0. The highest BCUT2D eigenvalue weighted by atomic mass is 16.8. The van der Waals surface area contributed by atoms with Crippen molar-refractivity contribution in [1.29, 1.82) is 0 Å². The van der Waals surface area contributed by atoms with E-state index in [1.807, 2.05) is 6.08 Å². The van der Waals surface area contributed by atoms with Crippen LogP contribution < -0.4 is 10.6 Å². The van der Waals surface area contributed by atoms with Crippen LogP contribution >= 0.6 is 0 Å². The van der Waals surface area contributed by atoms with Crippen LogP contribution in [0.5, 0.6) is 0 Å². The highest BCUT2D eigenvalue weighted by Gasteiger charge is 2.60. The molecule has 78 heavy (non-hydrogen) atoms. The first kappa shape index (κ1) is 69.7. The summed E-state index contributed by atoms with van der Waals surface area (Å²) in [7, 11) is 0. The molecule has 456 valence electrons. The van der Waals surface area contributed by atoms with Crippen molar-refractivity contribution in [2.75, 3.05) is 26.4 Å². The number of aliphatic hydroxyl groups is 11. The lowest BCUT2D eigenvalue weighted by atomic mass is 9.88. The maximum absolute atomic E-state index is 13.3. The molecule has 0 saturated carbocycles. The molecule has 3 aliphatic rings. The Morgan fingerprint density at radius 2 is 1.19 bits per heavy atom. The standard InChI is InChI=1S/C55H100N2O21/c1-4-6-8-10-12-14-16-17-19-20-22-24-26-28-37(62)36(57-42(65)29-27-25-23-21-18-15-13-11-9-7-5-2)34-73-52-47(69)46(68)49(41(33-60)75-52)76-53-48(70)51(45(67)40(32-59)74-53)78-55(54(71)72)30-38(63)43(56-35(3)61)50(77-55)44(66)39(64)31-58/h26,28,36-41,43-53,58-60,62-64,66-70H,4-25,27,29-34H2,1-3H3,(H,56,61)(H,57,65)(H,71,72). The molecule has 0 bridgehead atoms.